The van der Waals surface area contributed by atoms with Crippen LogP contribution in [0.15, 0.2) is 42.9 Å². The maximum absolute atomic E-state index is 4.41. The van der Waals surface area contributed by atoms with Gasteiger partial charge in [0.2, 0.25) is 0 Å². The Hall–Kier alpha value is -2.07. The van der Waals surface area contributed by atoms with Crippen LogP contribution in [0.3, 0.4) is 0 Å². The third-order valence-corrected chi connectivity index (χ3v) is 3.88. The van der Waals surface area contributed by atoms with Gasteiger partial charge in [-0.05, 0) is 30.7 Å². The van der Waals surface area contributed by atoms with Crippen LogP contribution in [0.5, 0.6) is 0 Å². The molecule has 0 aliphatic heterocycles. The van der Waals surface area contributed by atoms with Gasteiger partial charge in [0.15, 0.2) is 0 Å². The fourth-order valence-corrected chi connectivity index (χ4v) is 2.68. The molecule has 0 amide bonds. The van der Waals surface area contributed by atoms with Gasteiger partial charge in [0.1, 0.15) is 5.82 Å². The lowest BCUT2D eigenvalue weighted by Gasteiger charge is -2.08. The summed E-state index contributed by atoms with van der Waals surface area (Å²) in [5.74, 6) is 1.07. The standard InChI is InChI=1S/C17H22N4/c1-3-8-18-12-14-5-4-6-16-15(14)7-10-21(16)13-17-19-9-11-20(17)2/h4-7,9-11,18H,3,8,12-13H2,1-2H3. The molecule has 2 aromatic heterocycles. The number of hydrogen-bond donors (Lipinski definition) is 1. The first-order valence-corrected chi connectivity index (χ1v) is 7.53. The van der Waals surface area contributed by atoms with Crippen molar-refractivity contribution in [2.45, 2.75) is 26.4 Å². The molecule has 0 saturated heterocycles. The molecule has 0 atom stereocenters. The van der Waals surface area contributed by atoms with E-state index in [1.54, 1.807) is 0 Å². The van der Waals surface area contributed by atoms with Crippen LogP contribution in [0.4, 0.5) is 0 Å². The largest absolute Gasteiger partial charge is 0.340 e. The molecule has 4 heteroatoms. The quantitative estimate of drug-likeness (QED) is 0.705. The molecular formula is C17H22N4. The maximum Gasteiger partial charge on any atom is 0.128 e. The van der Waals surface area contributed by atoms with Crippen molar-refractivity contribution in [1.29, 1.82) is 0 Å². The molecule has 0 bridgehead atoms. The molecule has 0 fully saturated rings. The molecule has 1 N–H and O–H groups in total. The van der Waals surface area contributed by atoms with E-state index in [2.05, 4.69) is 56.8 Å². The minimum Gasteiger partial charge on any atom is -0.340 e. The Bertz CT molecular complexity index is 723. The normalized spacial score (nSPS) is 11.3. The summed E-state index contributed by atoms with van der Waals surface area (Å²) in [6.45, 7) is 4.98. The number of rotatable bonds is 6. The molecule has 2 heterocycles. The van der Waals surface area contributed by atoms with Gasteiger partial charge >= 0.3 is 0 Å². The van der Waals surface area contributed by atoms with E-state index in [1.165, 1.54) is 16.5 Å². The van der Waals surface area contributed by atoms with Crippen LogP contribution in [0.2, 0.25) is 0 Å². The van der Waals surface area contributed by atoms with Crippen LogP contribution >= 0.6 is 0 Å². The minimum atomic E-state index is 0.804. The van der Waals surface area contributed by atoms with E-state index in [0.717, 1.165) is 31.9 Å². The first-order chi connectivity index (χ1) is 10.3. The maximum atomic E-state index is 4.41. The Balaban J connectivity index is 1.88. The summed E-state index contributed by atoms with van der Waals surface area (Å²) in [6, 6.07) is 8.74. The number of imidazole rings is 1. The van der Waals surface area contributed by atoms with Crippen molar-refractivity contribution in [3.05, 3.63) is 54.2 Å². The second-order valence-corrected chi connectivity index (χ2v) is 5.42. The third-order valence-electron chi connectivity index (χ3n) is 3.88. The predicted octanol–water partition coefficient (Wildman–Crippen LogP) is 2.92. The number of benzene rings is 1. The van der Waals surface area contributed by atoms with E-state index in [-0.39, 0.29) is 0 Å². The van der Waals surface area contributed by atoms with Crippen molar-refractivity contribution in [2.24, 2.45) is 7.05 Å². The summed E-state index contributed by atoms with van der Waals surface area (Å²) in [7, 11) is 2.04. The van der Waals surface area contributed by atoms with E-state index < -0.39 is 0 Å². The Morgan fingerprint density at radius 2 is 2.10 bits per heavy atom. The second-order valence-electron chi connectivity index (χ2n) is 5.42. The molecule has 3 aromatic rings. The fraction of sp³-hybridized carbons (Fsp3) is 0.353. The lowest BCUT2D eigenvalue weighted by atomic mass is 10.1. The minimum absolute atomic E-state index is 0.804. The van der Waals surface area contributed by atoms with Crippen molar-refractivity contribution in [1.82, 2.24) is 19.4 Å². The molecule has 3 rings (SSSR count). The highest BCUT2D eigenvalue weighted by molar-refractivity contribution is 5.83. The van der Waals surface area contributed by atoms with Gasteiger partial charge in [0.05, 0.1) is 6.54 Å². The van der Waals surface area contributed by atoms with Crippen molar-refractivity contribution < 1.29 is 0 Å². The highest BCUT2D eigenvalue weighted by atomic mass is 15.1. The van der Waals surface area contributed by atoms with E-state index in [9.17, 15) is 0 Å². The molecule has 0 saturated carbocycles. The molecule has 0 aliphatic carbocycles. The monoisotopic (exact) mass is 282 g/mol. The van der Waals surface area contributed by atoms with Crippen molar-refractivity contribution in [3.63, 3.8) is 0 Å². The first kappa shape index (κ1) is 13.9. The average molecular weight is 282 g/mol. The molecule has 21 heavy (non-hydrogen) atoms. The van der Waals surface area contributed by atoms with Gasteiger partial charge in [0, 0.05) is 43.1 Å². The van der Waals surface area contributed by atoms with E-state index in [4.69, 9.17) is 0 Å². The highest BCUT2D eigenvalue weighted by Crippen LogP contribution is 2.21. The summed E-state index contributed by atoms with van der Waals surface area (Å²) in [4.78, 5) is 4.41. The van der Waals surface area contributed by atoms with E-state index in [0.29, 0.717) is 0 Å². The molecule has 0 aliphatic rings. The van der Waals surface area contributed by atoms with Crippen LogP contribution in [-0.2, 0) is 20.1 Å². The van der Waals surface area contributed by atoms with E-state index in [1.807, 2.05) is 19.4 Å². The average Bonchev–Trinajstić information content (AvgIpc) is 3.08. The lowest BCUT2D eigenvalue weighted by Crippen LogP contribution is -2.13. The van der Waals surface area contributed by atoms with Gasteiger partial charge in [-0.3, -0.25) is 0 Å². The zero-order valence-corrected chi connectivity index (χ0v) is 12.7. The lowest BCUT2D eigenvalue weighted by molar-refractivity contribution is 0.678. The fourth-order valence-electron chi connectivity index (χ4n) is 2.68. The predicted molar refractivity (Wildman–Crippen MR) is 86.2 cm³/mol. The van der Waals surface area contributed by atoms with Gasteiger partial charge in [-0.15, -0.1) is 0 Å². The molecule has 110 valence electrons. The zero-order valence-electron chi connectivity index (χ0n) is 12.7. The highest BCUT2D eigenvalue weighted by Gasteiger charge is 2.07. The number of hydrogen-bond acceptors (Lipinski definition) is 2. The van der Waals surface area contributed by atoms with Gasteiger partial charge < -0.3 is 14.5 Å². The van der Waals surface area contributed by atoms with E-state index >= 15 is 0 Å². The zero-order chi connectivity index (χ0) is 14.7. The summed E-state index contributed by atoms with van der Waals surface area (Å²) in [5.41, 5.74) is 2.63. The SMILES string of the molecule is CCCNCc1cccc2c1ccn2Cc1nccn1C. The van der Waals surface area contributed by atoms with Crippen molar-refractivity contribution in [2.75, 3.05) is 6.54 Å². The summed E-state index contributed by atoms with van der Waals surface area (Å²) >= 11 is 0. The third kappa shape index (κ3) is 2.85. The molecule has 0 spiro atoms. The summed E-state index contributed by atoms with van der Waals surface area (Å²) in [6.07, 6.45) is 7.15. The molecule has 0 unspecified atom stereocenters. The topological polar surface area (TPSA) is 34.8 Å². The van der Waals surface area contributed by atoms with Crippen LogP contribution < -0.4 is 5.32 Å². The Morgan fingerprint density at radius 3 is 2.86 bits per heavy atom. The number of aromatic nitrogens is 3. The van der Waals surface area contributed by atoms with Crippen molar-refractivity contribution >= 4 is 10.9 Å². The van der Waals surface area contributed by atoms with Crippen LogP contribution in [0, 0.1) is 0 Å². The van der Waals surface area contributed by atoms with Gasteiger partial charge in [0.25, 0.3) is 0 Å². The Labute approximate surface area is 125 Å². The van der Waals surface area contributed by atoms with Crippen LogP contribution in [0.25, 0.3) is 10.9 Å². The number of aryl methyl sites for hydroxylation is 1. The number of nitrogens with one attached hydrogen (secondary N) is 1. The molecule has 1 aromatic carbocycles. The van der Waals surface area contributed by atoms with Crippen molar-refractivity contribution in [3.8, 4) is 0 Å². The Morgan fingerprint density at radius 1 is 1.19 bits per heavy atom. The molecular weight excluding hydrogens is 260 g/mol. The second kappa shape index (κ2) is 6.14. The van der Waals surface area contributed by atoms with Gasteiger partial charge in [-0.2, -0.15) is 0 Å². The number of fused-ring (bicyclic) bond motifs is 1. The van der Waals surface area contributed by atoms with Crippen LogP contribution in [-0.4, -0.2) is 20.7 Å². The number of nitrogens with zero attached hydrogens (tertiary/aromatic N) is 3. The molecule has 0 radical (unpaired) electrons. The van der Waals surface area contributed by atoms with Gasteiger partial charge in [-0.25, -0.2) is 4.98 Å². The van der Waals surface area contributed by atoms with Crippen LogP contribution in [0.1, 0.15) is 24.7 Å². The van der Waals surface area contributed by atoms with Gasteiger partial charge in [-0.1, -0.05) is 19.1 Å². The molecule has 4 nitrogen and oxygen atoms in total. The smallest absolute Gasteiger partial charge is 0.128 e. The Kier molecular flexibility index (Phi) is 4.06. The first-order valence-electron chi connectivity index (χ1n) is 7.53. The summed E-state index contributed by atoms with van der Waals surface area (Å²) < 4.78 is 4.33. The summed E-state index contributed by atoms with van der Waals surface area (Å²) in [5, 5.41) is 4.81.